The second-order valence-corrected chi connectivity index (χ2v) is 5.52. The molecule has 0 aliphatic carbocycles. The first-order valence-corrected chi connectivity index (χ1v) is 7.13. The molecule has 2 aromatic carbocycles. The molecule has 4 heteroatoms. The molecule has 0 saturated heterocycles. The number of rotatable bonds is 3. The van der Waals surface area contributed by atoms with Gasteiger partial charge in [-0.1, -0.05) is 40.2 Å². The predicted octanol–water partition coefficient (Wildman–Crippen LogP) is 4.03. The highest BCUT2D eigenvalue weighted by Crippen LogP contribution is 2.17. The van der Waals surface area contributed by atoms with Crippen LogP contribution >= 0.6 is 15.9 Å². The van der Waals surface area contributed by atoms with E-state index < -0.39 is 0 Å². The summed E-state index contributed by atoms with van der Waals surface area (Å²) in [6.07, 6.45) is 2.55. The van der Waals surface area contributed by atoms with E-state index in [1.165, 1.54) is 11.6 Å². The quantitative estimate of drug-likeness (QED) is 0.811. The summed E-state index contributed by atoms with van der Waals surface area (Å²) >= 11 is 3.41. The summed E-state index contributed by atoms with van der Waals surface area (Å²) in [6, 6.07) is 14.7. The van der Waals surface area contributed by atoms with Gasteiger partial charge in [0.15, 0.2) is 5.84 Å². The van der Waals surface area contributed by atoms with Gasteiger partial charge in [-0.15, -0.1) is 0 Å². The molecular formula is C16H12BrFN2. The van der Waals surface area contributed by atoms with Crippen molar-refractivity contribution in [2.45, 2.75) is 12.5 Å². The molecule has 0 fully saturated rings. The molecule has 0 radical (unpaired) electrons. The van der Waals surface area contributed by atoms with Crippen LogP contribution in [0.4, 0.5) is 4.39 Å². The zero-order valence-electron chi connectivity index (χ0n) is 10.6. The summed E-state index contributed by atoms with van der Waals surface area (Å²) in [5, 5.41) is 0. The highest BCUT2D eigenvalue weighted by atomic mass is 79.9. The summed E-state index contributed by atoms with van der Waals surface area (Å²) in [4.78, 5) is 8.72. The SMILES string of the molecule is Fc1ccccc1C1=NC(Cc2ccc(Br)cc2)C=N1. The molecule has 3 rings (SSSR count). The fourth-order valence-corrected chi connectivity index (χ4v) is 2.39. The number of halogens is 2. The molecule has 0 spiro atoms. The van der Waals surface area contributed by atoms with Crippen LogP contribution in [0.15, 0.2) is 63.0 Å². The Labute approximate surface area is 125 Å². The van der Waals surface area contributed by atoms with Crippen molar-refractivity contribution in [1.29, 1.82) is 0 Å². The van der Waals surface area contributed by atoms with Gasteiger partial charge in [-0.3, -0.25) is 4.99 Å². The molecule has 0 N–H and O–H groups in total. The van der Waals surface area contributed by atoms with E-state index in [1.807, 2.05) is 12.1 Å². The lowest BCUT2D eigenvalue weighted by Gasteiger charge is -2.04. The third-order valence-electron chi connectivity index (χ3n) is 3.13. The summed E-state index contributed by atoms with van der Waals surface area (Å²) in [6.45, 7) is 0. The average Bonchev–Trinajstić information content (AvgIpc) is 2.90. The van der Waals surface area contributed by atoms with Gasteiger partial charge in [-0.25, -0.2) is 9.38 Å². The monoisotopic (exact) mass is 330 g/mol. The zero-order valence-corrected chi connectivity index (χ0v) is 12.2. The highest BCUT2D eigenvalue weighted by Gasteiger charge is 2.16. The predicted molar refractivity (Wildman–Crippen MR) is 83.1 cm³/mol. The topological polar surface area (TPSA) is 24.7 Å². The fraction of sp³-hybridized carbons (Fsp3) is 0.125. The van der Waals surface area contributed by atoms with Crippen LogP contribution in [0.5, 0.6) is 0 Å². The minimum atomic E-state index is -0.285. The number of hydrogen-bond acceptors (Lipinski definition) is 2. The first-order valence-electron chi connectivity index (χ1n) is 6.34. The van der Waals surface area contributed by atoms with Crippen molar-refractivity contribution in [3.05, 3.63) is 69.9 Å². The van der Waals surface area contributed by atoms with Gasteiger partial charge in [0.2, 0.25) is 0 Å². The van der Waals surface area contributed by atoms with Crippen LogP contribution in [0.25, 0.3) is 0 Å². The van der Waals surface area contributed by atoms with Crippen molar-refractivity contribution in [3.63, 3.8) is 0 Å². The smallest absolute Gasteiger partial charge is 0.157 e. The van der Waals surface area contributed by atoms with Gasteiger partial charge in [-0.05, 0) is 36.2 Å². The van der Waals surface area contributed by atoms with Gasteiger partial charge in [0, 0.05) is 10.7 Å². The number of amidine groups is 1. The Morgan fingerprint density at radius 3 is 2.55 bits per heavy atom. The third-order valence-corrected chi connectivity index (χ3v) is 3.66. The minimum absolute atomic E-state index is 0.0224. The van der Waals surface area contributed by atoms with Crippen LogP contribution in [0.1, 0.15) is 11.1 Å². The minimum Gasteiger partial charge on any atom is -0.257 e. The van der Waals surface area contributed by atoms with Crippen LogP contribution in [0.3, 0.4) is 0 Å². The van der Waals surface area contributed by atoms with Crippen molar-refractivity contribution in [1.82, 2.24) is 0 Å². The molecule has 2 aromatic rings. The first-order chi connectivity index (χ1) is 9.72. The maximum absolute atomic E-state index is 13.7. The van der Waals surface area contributed by atoms with E-state index in [9.17, 15) is 4.39 Å². The van der Waals surface area contributed by atoms with Gasteiger partial charge in [0.1, 0.15) is 5.82 Å². The maximum atomic E-state index is 13.7. The van der Waals surface area contributed by atoms with E-state index >= 15 is 0 Å². The van der Waals surface area contributed by atoms with E-state index in [0.29, 0.717) is 11.4 Å². The van der Waals surface area contributed by atoms with E-state index in [4.69, 9.17) is 0 Å². The first kappa shape index (κ1) is 13.2. The van der Waals surface area contributed by atoms with E-state index in [0.717, 1.165) is 10.9 Å². The average molecular weight is 331 g/mol. The molecule has 1 heterocycles. The Hall–Kier alpha value is -1.81. The summed E-state index contributed by atoms with van der Waals surface area (Å²) in [7, 11) is 0. The number of benzene rings is 2. The fourth-order valence-electron chi connectivity index (χ4n) is 2.12. The molecule has 0 saturated carbocycles. The lowest BCUT2D eigenvalue weighted by atomic mass is 10.1. The molecule has 1 atom stereocenters. The van der Waals surface area contributed by atoms with E-state index in [1.54, 1.807) is 24.4 Å². The van der Waals surface area contributed by atoms with Gasteiger partial charge in [0.05, 0.1) is 11.6 Å². The lowest BCUT2D eigenvalue weighted by molar-refractivity contribution is 0.625. The van der Waals surface area contributed by atoms with Crippen molar-refractivity contribution >= 4 is 28.0 Å². The third kappa shape index (κ3) is 2.85. The maximum Gasteiger partial charge on any atom is 0.157 e. The summed E-state index contributed by atoms with van der Waals surface area (Å²) in [5.41, 5.74) is 1.64. The molecule has 0 aromatic heterocycles. The lowest BCUT2D eigenvalue weighted by Crippen LogP contribution is -2.07. The summed E-state index contributed by atoms with van der Waals surface area (Å²) in [5.74, 6) is 0.193. The number of nitrogens with zero attached hydrogens (tertiary/aromatic N) is 2. The van der Waals surface area contributed by atoms with E-state index in [-0.39, 0.29) is 11.9 Å². The van der Waals surface area contributed by atoms with Gasteiger partial charge in [0.25, 0.3) is 0 Å². The van der Waals surface area contributed by atoms with Gasteiger partial charge < -0.3 is 0 Å². The second kappa shape index (κ2) is 5.67. The molecule has 1 aliphatic heterocycles. The molecule has 0 bridgehead atoms. The Balaban J connectivity index is 1.77. The van der Waals surface area contributed by atoms with Crippen molar-refractivity contribution in [2.24, 2.45) is 9.98 Å². The van der Waals surface area contributed by atoms with Crippen LogP contribution in [-0.2, 0) is 6.42 Å². The number of aliphatic imine (C=N–C) groups is 2. The number of hydrogen-bond donors (Lipinski definition) is 0. The molecule has 0 amide bonds. The highest BCUT2D eigenvalue weighted by molar-refractivity contribution is 9.10. The van der Waals surface area contributed by atoms with Crippen LogP contribution in [0.2, 0.25) is 0 Å². The van der Waals surface area contributed by atoms with Gasteiger partial charge in [-0.2, -0.15) is 0 Å². The standard InChI is InChI=1S/C16H12BrFN2/c17-12-7-5-11(6-8-12)9-13-10-19-16(20-13)14-3-1-2-4-15(14)18/h1-8,10,13H,9H2. The van der Waals surface area contributed by atoms with Crippen molar-refractivity contribution in [3.8, 4) is 0 Å². The van der Waals surface area contributed by atoms with Crippen LogP contribution in [0, 0.1) is 5.82 Å². The molecule has 100 valence electrons. The van der Waals surface area contributed by atoms with Crippen LogP contribution in [-0.4, -0.2) is 18.1 Å². The van der Waals surface area contributed by atoms with Crippen molar-refractivity contribution in [2.75, 3.05) is 0 Å². The van der Waals surface area contributed by atoms with Crippen LogP contribution < -0.4 is 0 Å². The Kier molecular flexibility index (Phi) is 3.74. The molecule has 2 nitrogen and oxygen atoms in total. The molecular weight excluding hydrogens is 319 g/mol. The molecule has 1 aliphatic rings. The summed E-state index contributed by atoms with van der Waals surface area (Å²) < 4.78 is 14.7. The van der Waals surface area contributed by atoms with E-state index in [2.05, 4.69) is 38.0 Å². The Bertz CT molecular complexity index is 677. The molecule has 20 heavy (non-hydrogen) atoms. The normalized spacial score (nSPS) is 17.3. The molecule has 1 unspecified atom stereocenters. The zero-order chi connectivity index (χ0) is 13.9. The Morgan fingerprint density at radius 1 is 1.05 bits per heavy atom. The van der Waals surface area contributed by atoms with Gasteiger partial charge >= 0.3 is 0 Å². The van der Waals surface area contributed by atoms with Crippen molar-refractivity contribution < 1.29 is 4.39 Å². The second-order valence-electron chi connectivity index (χ2n) is 4.61. The largest absolute Gasteiger partial charge is 0.257 e. The Morgan fingerprint density at radius 2 is 1.80 bits per heavy atom.